The van der Waals surface area contributed by atoms with Crippen molar-refractivity contribution in [3.8, 4) is 11.4 Å². The highest BCUT2D eigenvalue weighted by Gasteiger charge is 2.10. The monoisotopic (exact) mass is 270 g/mol. The zero-order chi connectivity index (χ0) is 13.9. The first kappa shape index (κ1) is 12.2. The van der Waals surface area contributed by atoms with E-state index >= 15 is 0 Å². The maximum atomic E-state index is 10.5. The fraction of sp³-hybridized carbons (Fsp3) is 0.154. The van der Waals surface area contributed by atoms with Crippen molar-refractivity contribution < 1.29 is 14.5 Å². The van der Waals surface area contributed by atoms with Crippen LogP contribution in [0.5, 0.6) is 0 Å². The highest BCUT2D eigenvalue weighted by molar-refractivity contribution is 5.66. The van der Waals surface area contributed by atoms with Gasteiger partial charge in [-0.15, -0.1) is 10.2 Å². The summed E-state index contributed by atoms with van der Waals surface area (Å²) >= 11 is 0. The van der Waals surface area contributed by atoms with Crippen molar-refractivity contribution in [1.82, 2.24) is 19.6 Å². The predicted octanol–water partition coefficient (Wildman–Crippen LogP) is 0.553. The molecule has 7 nitrogen and oxygen atoms in total. The Hall–Kier alpha value is -2.83. The van der Waals surface area contributed by atoms with Crippen LogP contribution in [0.25, 0.3) is 17.2 Å². The molecule has 0 unspecified atom stereocenters. The van der Waals surface area contributed by atoms with Crippen LogP contribution in [0.15, 0.2) is 43.0 Å². The molecular weight excluding hydrogens is 258 g/mol. The van der Waals surface area contributed by atoms with Crippen LogP contribution in [-0.2, 0) is 11.3 Å². The minimum Gasteiger partial charge on any atom is -0.481 e. The van der Waals surface area contributed by atoms with Gasteiger partial charge in [-0.3, -0.25) is 9.20 Å². The van der Waals surface area contributed by atoms with Crippen molar-refractivity contribution in [2.24, 2.45) is 0 Å². The molecule has 0 saturated heterocycles. The average molecular weight is 270 g/mol. The van der Waals surface area contributed by atoms with Crippen LogP contribution in [-0.4, -0.2) is 30.7 Å². The number of aliphatic carboxylic acids is 1. The fourth-order valence-corrected chi connectivity index (χ4v) is 1.92. The van der Waals surface area contributed by atoms with E-state index in [0.29, 0.717) is 18.1 Å². The third-order valence-corrected chi connectivity index (χ3v) is 2.92. The fourth-order valence-electron chi connectivity index (χ4n) is 1.92. The molecule has 1 N–H and O–H groups in total. The van der Waals surface area contributed by atoms with Gasteiger partial charge in [0.15, 0.2) is 24.8 Å². The number of carbonyl (C=O) groups is 1. The zero-order valence-corrected chi connectivity index (χ0v) is 10.5. The molecule has 0 saturated carbocycles. The number of hydrogen-bond donors (Lipinski definition) is 1. The largest absolute Gasteiger partial charge is 0.481 e. The molecule has 0 spiro atoms. The van der Waals surface area contributed by atoms with Crippen molar-refractivity contribution in [1.29, 1.82) is 0 Å². The van der Waals surface area contributed by atoms with Gasteiger partial charge < -0.3 is 5.11 Å². The summed E-state index contributed by atoms with van der Waals surface area (Å²) in [5.74, 6) is 0.444. The van der Waals surface area contributed by atoms with Crippen molar-refractivity contribution in [3.05, 3.63) is 43.0 Å². The maximum Gasteiger partial charge on any atom is 0.309 e. The van der Waals surface area contributed by atoms with E-state index in [9.17, 15) is 4.79 Å². The molecule has 7 heteroatoms. The molecular formula is C13H12N5O2+. The summed E-state index contributed by atoms with van der Waals surface area (Å²) in [5, 5.41) is 16.8. The molecule has 100 valence electrons. The van der Waals surface area contributed by atoms with Gasteiger partial charge in [-0.05, 0) is 6.07 Å². The summed E-state index contributed by atoms with van der Waals surface area (Å²) in [4.78, 5) is 14.6. The van der Waals surface area contributed by atoms with E-state index in [1.54, 1.807) is 10.6 Å². The number of aryl methyl sites for hydroxylation is 1. The topological polar surface area (TPSA) is 84.3 Å². The number of fused-ring (bicyclic) bond motifs is 1. The van der Waals surface area contributed by atoms with Crippen LogP contribution in [0.3, 0.4) is 0 Å². The Morgan fingerprint density at radius 2 is 2.10 bits per heavy atom. The highest BCUT2D eigenvalue weighted by Crippen LogP contribution is 2.15. The zero-order valence-electron chi connectivity index (χ0n) is 10.5. The Morgan fingerprint density at radius 3 is 2.85 bits per heavy atom. The third kappa shape index (κ3) is 2.33. The van der Waals surface area contributed by atoms with Gasteiger partial charge in [-0.2, -0.15) is 0 Å². The van der Waals surface area contributed by atoms with E-state index in [1.807, 2.05) is 41.4 Å². The highest BCUT2D eigenvalue weighted by atomic mass is 16.4. The van der Waals surface area contributed by atoms with Gasteiger partial charge in [-0.25, -0.2) is 9.55 Å². The van der Waals surface area contributed by atoms with Crippen LogP contribution in [0.4, 0.5) is 0 Å². The van der Waals surface area contributed by atoms with Crippen molar-refractivity contribution in [3.63, 3.8) is 0 Å². The predicted molar refractivity (Wildman–Crippen MR) is 68.7 cm³/mol. The quantitative estimate of drug-likeness (QED) is 0.700. The molecule has 0 aliphatic carbocycles. The Morgan fingerprint density at radius 1 is 1.30 bits per heavy atom. The number of pyridine rings is 1. The van der Waals surface area contributed by atoms with E-state index in [0.717, 1.165) is 5.56 Å². The third-order valence-electron chi connectivity index (χ3n) is 2.92. The smallest absolute Gasteiger partial charge is 0.309 e. The van der Waals surface area contributed by atoms with Gasteiger partial charge in [0, 0.05) is 30.1 Å². The number of nitrogens with zero attached hydrogens (tertiary/aromatic N) is 5. The summed E-state index contributed by atoms with van der Waals surface area (Å²) in [6.07, 6.45) is 7.27. The molecule has 3 aromatic rings. The van der Waals surface area contributed by atoms with Crippen molar-refractivity contribution in [2.75, 3.05) is 0 Å². The summed E-state index contributed by atoms with van der Waals surface area (Å²) in [6.45, 7) is 0.442. The molecule has 0 fully saturated rings. The van der Waals surface area contributed by atoms with E-state index < -0.39 is 5.97 Å². The van der Waals surface area contributed by atoms with Gasteiger partial charge in [0.05, 0.1) is 0 Å². The van der Waals surface area contributed by atoms with Gasteiger partial charge >= 0.3 is 5.97 Å². The van der Waals surface area contributed by atoms with Crippen LogP contribution in [0, 0.1) is 0 Å². The normalized spacial score (nSPS) is 10.8. The summed E-state index contributed by atoms with van der Waals surface area (Å²) in [6, 6.07) is 5.58. The Kier molecular flexibility index (Phi) is 3.08. The van der Waals surface area contributed by atoms with Gasteiger partial charge in [0.25, 0.3) is 5.78 Å². The summed E-state index contributed by atoms with van der Waals surface area (Å²) in [5.41, 5.74) is 0.900. The van der Waals surface area contributed by atoms with E-state index in [2.05, 4.69) is 15.2 Å². The number of carboxylic acid groups (broad SMARTS) is 1. The molecule has 20 heavy (non-hydrogen) atoms. The number of hydrogen-bond acceptors (Lipinski definition) is 4. The first-order valence-electron chi connectivity index (χ1n) is 6.11. The number of rotatable bonds is 4. The first-order valence-corrected chi connectivity index (χ1v) is 6.11. The first-order chi connectivity index (χ1) is 9.74. The maximum absolute atomic E-state index is 10.5. The minimum absolute atomic E-state index is 0.0990. The Labute approximate surface area is 114 Å². The van der Waals surface area contributed by atoms with E-state index in [4.69, 9.17) is 5.11 Å². The number of carboxylic acids is 1. The lowest BCUT2D eigenvalue weighted by Crippen LogP contribution is -2.33. The molecule has 0 bridgehead atoms. The molecule has 0 aliphatic rings. The second-order valence-corrected chi connectivity index (χ2v) is 4.28. The SMILES string of the molecule is O=C(O)CC[n+]1ccc(-c2nnc3ncccn23)cc1. The van der Waals surface area contributed by atoms with Crippen molar-refractivity contribution >= 4 is 11.7 Å². The van der Waals surface area contributed by atoms with Crippen LogP contribution < -0.4 is 4.57 Å². The van der Waals surface area contributed by atoms with Crippen LogP contribution in [0.1, 0.15) is 6.42 Å². The minimum atomic E-state index is -0.809. The molecule has 0 aromatic carbocycles. The lowest BCUT2D eigenvalue weighted by atomic mass is 10.2. The lowest BCUT2D eigenvalue weighted by molar-refractivity contribution is -0.695. The molecule has 0 aliphatic heterocycles. The summed E-state index contributed by atoms with van der Waals surface area (Å²) < 4.78 is 3.62. The lowest BCUT2D eigenvalue weighted by Gasteiger charge is -1.99. The standard InChI is InChI=1S/C13H11N5O2/c19-11(20)4-9-17-7-2-10(3-8-17)12-15-16-13-14-5-1-6-18(12)13/h1-3,5-8H,4,9H2/p+1. The second kappa shape index (κ2) is 5.04. The van der Waals surface area contributed by atoms with Gasteiger partial charge in [0.1, 0.15) is 6.42 Å². The number of aromatic nitrogens is 5. The Bertz CT molecular complexity index is 751. The van der Waals surface area contributed by atoms with E-state index in [1.165, 1.54) is 0 Å². The van der Waals surface area contributed by atoms with Gasteiger partial charge in [0.2, 0.25) is 0 Å². The summed E-state index contributed by atoms with van der Waals surface area (Å²) in [7, 11) is 0. The van der Waals surface area contributed by atoms with E-state index in [-0.39, 0.29) is 6.42 Å². The Balaban J connectivity index is 1.89. The molecule has 0 amide bonds. The molecule has 3 rings (SSSR count). The van der Waals surface area contributed by atoms with Gasteiger partial charge in [-0.1, -0.05) is 0 Å². The molecule has 3 aromatic heterocycles. The van der Waals surface area contributed by atoms with Crippen LogP contribution >= 0.6 is 0 Å². The average Bonchev–Trinajstić information content (AvgIpc) is 2.89. The molecule has 3 heterocycles. The molecule has 0 atom stereocenters. The molecule has 0 radical (unpaired) electrons. The van der Waals surface area contributed by atoms with Crippen molar-refractivity contribution in [2.45, 2.75) is 13.0 Å². The second-order valence-electron chi connectivity index (χ2n) is 4.28. The van der Waals surface area contributed by atoms with Crippen LogP contribution in [0.2, 0.25) is 0 Å².